The van der Waals surface area contributed by atoms with E-state index in [4.69, 9.17) is 4.74 Å². The highest BCUT2D eigenvalue weighted by Crippen LogP contribution is 2.22. The van der Waals surface area contributed by atoms with Crippen molar-refractivity contribution in [2.45, 2.75) is 39.8 Å². The fourth-order valence-corrected chi connectivity index (χ4v) is 3.41. The molecule has 1 amide bonds. The molecule has 154 valence electrons. The number of carbonyl (C=O) groups is 1. The maximum atomic E-state index is 14.1. The lowest BCUT2D eigenvalue weighted by Crippen LogP contribution is -2.32. The third-order valence-electron chi connectivity index (χ3n) is 4.75. The smallest absolute Gasteiger partial charge is 0.254 e. The van der Waals surface area contributed by atoms with E-state index in [2.05, 4.69) is 4.98 Å². The van der Waals surface area contributed by atoms with Crippen LogP contribution in [0, 0.1) is 11.6 Å². The van der Waals surface area contributed by atoms with E-state index in [0.717, 1.165) is 12.8 Å². The van der Waals surface area contributed by atoms with Crippen LogP contribution in [-0.2, 0) is 13.1 Å². The Bertz CT molecular complexity index is 1020. The molecular weight excluding hydrogens is 376 g/mol. The topological polar surface area (TPSA) is 47.4 Å². The van der Waals surface area contributed by atoms with Crippen LogP contribution in [0.1, 0.15) is 42.9 Å². The fourth-order valence-electron chi connectivity index (χ4n) is 3.41. The van der Waals surface area contributed by atoms with Crippen molar-refractivity contribution in [3.63, 3.8) is 0 Å². The number of fused-ring (bicyclic) bond motifs is 1. The van der Waals surface area contributed by atoms with Crippen LogP contribution in [0.5, 0.6) is 5.75 Å². The zero-order chi connectivity index (χ0) is 21.0. The highest BCUT2D eigenvalue weighted by molar-refractivity contribution is 5.94. The molecule has 0 aliphatic rings. The molecule has 1 heterocycles. The summed E-state index contributed by atoms with van der Waals surface area (Å²) in [6, 6.07) is 8.68. The van der Waals surface area contributed by atoms with Crippen molar-refractivity contribution >= 4 is 16.9 Å². The summed E-state index contributed by atoms with van der Waals surface area (Å²) in [6.07, 6.45) is 1.59. The lowest BCUT2D eigenvalue weighted by Gasteiger charge is -2.22. The van der Waals surface area contributed by atoms with Crippen LogP contribution >= 0.6 is 0 Å². The first kappa shape index (κ1) is 20.8. The molecule has 3 rings (SSSR count). The van der Waals surface area contributed by atoms with Gasteiger partial charge in [0.2, 0.25) is 0 Å². The van der Waals surface area contributed by atoms with Gasteiger partial charge in [0.15, 0.2) is 11.6 Å². The maximum Gasteiger partial charge on any atom is 0.254 e. The minimum Gasteiger partial charge on any atom is -0.494 e. The molecule has 0 bridgehead atoms. The molecule has 3 aromatic rings. The van der Waals surface area contributed by atoms with Gasteiger partial charge < -0.3 is 14.2 Å². The van der Waals surface area contributed by atoms with E-state index in [9.17, 15) is 13.6 Å². The molecule has 0 N–H and O–H groups in total. The molecule has 0 saturated carbocycles. The molecule has 0 fully saturated rings. The number of carbonyl (C=O) groups excluding carboxylic acids is 1. The van der Waals surface area contributed by atoms with Gasteiger partial charge in [0.05, 0.1) is 24.7 Å². The molecule has 0 aliphatic carbocycles. The standard InChI is InChI=1S/C22H25F2N3O2/c1-4-10-26(22(28)15-6-9-20(29-3)17(24)12-15)14-21-25-18-8-7-16(23)13-19(18)27(21)11-5-2/h6-9,12-13H,4-5,10-11,14H2,1-3H3. The summed E-state index contributed by atoms with van der Waals surface area (Å²) >= 11 is 0. The van der Waals surface area contributed by atoms with E-state index in [1.165, 1.54) is 31.4 Å². The van der Waals surface area contributed by atoms with Gasteiger partial charge in [-0.25, -0.2) is 13.8 Å². The second-order valence-corrected chi connectivity index (χ2v) is 6.89. The second kappa shape index (κ2) is 9.03. The van der Waals surface area contributed by atoms with Crippen molar-refractivity contribution in [2.24, 2.45) is 0 Å². The molecular formula is C22H25F2N3O2. The average Bonchev–Trinajstić information content (AvgIpc) is 3.04. The van der Waals surface area contributed by atoms with Crippen LogP contribution in [0.15, 0.2) is 36.4 Å². The summed E-state index contributed by atoms with van der Waals surface area (Å²) in [6.45, 7) is 5.43. The van der Waals surface area contributed by atoms with Gasteiger partial charge in [-0.05, 0) is 49.2 Å². The van der Waals surface area contributed by atoms with Crippen LogP contribution in [0.3, 0.4) is 0 Å². The van der Waals surface area contributed by atoms with E-state index >= 15 is 0 Å². The molecule has 0 unspecified atom stereocenters. The Morgan fingerprint density at radius 2 is 1.93 bits per heavy atom. The zero-order valence-corrected chi connectivity index (χ0v) is 16.9. The van der Waals surface area contributed by atoms with Crippen molar-refractivity contribution in [3.05, 3.63) is 59.4 Å². The average molecular weight is 401 g/mol. The molecule has 7 heteroatoms. The van der Waals surface area contributed by atoms with Gasteiger partial charge in [-0.1, -0.05) is 13.8 Å². The number of amides is 1. The molecule has 5 nitrogen and oxygen atoms in total. The summed E-state index contributed by atoms with van der Waals surface area (Å²) in [4.78, 5) is 19.3. The molecule has 0 spiro atoms. The lowest BCUT2D eigenvalue weighted by molar-refractivity contribution is 0.0736. The number of hydrogen-bond acceptors (Lipinski definition) is 3. The summed E-state index contributed by atoms with van der Waals surface area (Å²) in [5.74, 6) is -0.409. The summed E-state index contributed by atoms with van der Waals surface area (Å²) < 4.78 is 34.7. The van der Waals surface area contributed by atoms with Gasteiger partial charge in [-0.15, -0.1) is 0 Å². The summed E-state index contributed by atoms with van der Waals surface area (Å²) in [5, 5.41) is 0. The quantitative estimate of drug-likeness (QED) is 0.545. The van der Waals surface area contributed by atoms with Gasteiger partial charge in [-0.2, -0.15) is 0 Å². The van der Waals surface area contributed by atoms with Crippen LogP contribution in [0.25, 0.3) is 11.0 Å². The Labute approximate surface area is 168 Å². The predicted octanol–water partition coefficient (Wildman–Crippen LogP) is 4.79. The van der Waals surface area contributed by atoms with Crippen molar-refractivity contribution in [3.8, 4) is 5.75 Å². The molecule has 0 atom stereocenters. The Morgan fingerprint density at radius 1 is 1.14 bits per heavy atom. The van der Waals surface area contributed by atoms with Crippen LogP contribution in [0.2, 0.25) is 0 Å². The Kier molecular flexibility index (Phi) is 6.46. The van der Waals surface area contributed by atoms with Gasteiger partial charge in [0.25, 0.3) is 5.91 Å². The zero-order valence-electron chi connectivity index (χ0n) is 16.9. The number of benzene rings is 2. The van der Waals surface area contributed by atoms with Crippen molar-refractivity contribution in [1.82, 2.24) is 14.5 Å². The third-order valence-corrected chi connectivity index (χ3v) is 4.75. The Hall–Kier alpha value is -2.96. The first-order valence-corrected chi connectivity index (χ1v) is 9.76. The Balaban J connectivity index is 1.95. The minimum atomic E-state index is -0.580. The van der Waals surface area contributed by atoms with E-state index in [1.54, 1.807) is 17.0 Å². The lowest BCUT2D eigenvalue weighted by atomic mass is 10.1. The van der Waals surface area contributed by atoms with Crippen molar-refractivity contribution in [1.29, 1.82) is 0 Å². The number of nitrogens with zero attached hydrogens (tertiary/aromatic N) is 3. The summed E-state index contributed by atoms with van der Waals surface area (Å²) in [7, 11) is 1.38. The highest BCUT2D eigenvalue weighted by Gasteiger charge is 2.21. The number of rotatable bonds is 8. The fraction of sp³-hybridized carbons (Fsp3) is 0.364. The minimum absolute atomic E-state index is 0.0929. The molecule has 0 saturated heterocycles. The second-order valence-electron chi connectivity index (χ2n) is 6.89. The van der Waals surface area contributed by atoms with E-state index in [1.807, 2.05) is 18.4 Å². The largest absolute Gasteiger partial charge is 0.494 e. The monoisotopic (exact) mass is 401 g/mol. The first-order chi connectivity index (χ1) is 14.0. The van der Waals surface area contributed by atoms with Gasteiger partial charge in [0.1, 0.15) is 11.6 Å². The summed E-state index contributed by atoms with van der Waals surface area (Å²) in [5.41, 5.74) is 1.65. The van der Waals surface area contributed by atoms with Crippen LogP contribution < -0.4 is 4.74 Å². The van der Waals surface area contributed by atoms with E-state index < -0.39 is 5.82 Å². The van der Waals surface area contributed by atoms with E-state index in [0.29, 0.717) is 29.9 Å². The normalized spacial score (nSPS) is 11.1. The molecule has 0 radical (unpaired) electrons. The Morgan fingerprint density at radius 3 is 2.59 bits per heavy atom. The molecule has 29 heavy (non-hydrogen) atoms. The van der Waals surface area contributed by atoms with Crippen molar-refractivity contribution in [2.75, 3.05) is 13.7 Å². The molecule has 0 aliphatic heterocycles. The van der Waals surface area contributed by atoms with Crippen LogP contribution in [-0.4, -0.2) is 34.0 Å². The maximum absolute atomic E-state index is 14.1. The van der Waals surface area contributed by atoms with Crippen LogP contribution in [0.4, 0.5) is 8.78 Å². The number of methoxy groups -OCH3 is 1. The van der Waals surface area contributed by atoms with Gasteiger partial charge in [0, 0.05) is 18.7 Å². The number of hydrogen-bond donors (Lipinski definition) is 0. The highest BCUT2D eigenvalue weighted by atomic mass is 19.1. The SMILES string of the molecule is CCCN(Cc1nc2ccc(F)cc2n1CCC)C(=O)c1ccc(OC)c(F)c1. The molecule has 1 aromatic heterocycles. The van der Waals surface area contributed by atoms with Gasteiger partial charge in [-0.3, -0.25) is 4.79 Å². The number of halogens is 2. The van der Waals surface area contributed by atoms with Crippen molar-refractivity contribution < 1.29 is 18.3 Å². The number of aromatic nitrogens is 2. The third kappa shape index (κ3) is 4.39. The predicted molar refractivity (Wildman–Crippen MR) is 108 cm³/mol. The number of aryl methyl sites for hydroxylation is 1. The number of imidazole rings is 1. The first-order valence-electron chi connectivity index (χ1n) is 9.76. The number of ether oxygens (including phenoxy) is 1. The van der Waals surface area contributed by atoms with E-state index in [-0.39, 0.29) is 29.6 Å². The molecule has 2 aromatic carbocycles. The van der Waals surface area contributed by atoms with Gasteiger partial charge >= 0.3 is 0 Å².